The fourth-order valence-electron chi connectivity index (χ4n) is 7.02. The Kier molecular flexibility index (Phi) is 8.93. The number of benzene rings is 5. The second kappa shape index (κ2) is 13.4. The van der Waals surface area contributed by atoms with Gasteiger partial charge >= 0.3 is 8.32 Å². The first-order valence-corrected chi connectivity index (χ1v) is 19.5. The minimum absolute atomic E-state index is 0.100. The molecule has 0 amide bonds. The molecule has 0 N–H and O–H groups in total. The molecule has 236 valence electrons. The number of oxazole rings is 1. The lowest BCUT2D eigenvalue weighted by molar-refractivity contribution is 0.427. The summed E-state index contributed by atoms with van der Waals surface area (Å²) < 4.78 is 14.1. The third-order valence-corrected chi connectivity index (χ3v) is 15.6. The smallest absolute Gasteiger partial charge is 0.319 e. The zero-order chi connectivity index (χ0) is 32.3. The van der Waals surface area contributed by atoms with E-state index in [-0.39, 0.29) is 10.3 Å². The Labute approximate surface area is 284 Å². The van der Waals surface area contributed by atoms with Crippen LogP contribution in [0.2, 0.25) is 5.04 Å². The highest BCUT2D eigenvalue weighted by molar-refractivity contribution is 7.99. The molecule has 0 aliphatic carbocycles. The van der Waals surface area contributed by atoms with E-state index in [4.69, 9.17) is 13.8 Å². The van der Waals surface area contributed by atoms with E-state index in [9.17, 15) is 0 Å². The lowest BCUT2D eigenvalue weighted by Gasteiger charge is -2.43. The Bertz CT molecular complexity index is 1810. The average Bonchev–Trinajstić information content (AvgIpc) is 3.76. The molecule has 0 radical (unpaired) electrons. The van der Waals surface area contributed by atoms with Crippen molar-refractivity contribution in [2.75, 3.05) is 5.75 Å². The zero-order valence-electron chi connectivity index (χ0n) is 27.3. The van der Waals surface area contributed by atoms with Crippen LogP contribution < -0.4 is 14.8 Å². The van der Waals surface area contributed by atoms with Gasteiger partial charge in [-0.2, -0.15) is 0 Å². The van der Waals surface area contributed by atoms with Crippen LogP contribution in [-0.4, -0.2) is 19.1 Å². The highest BCUT2D eigenvalue weighted by atomic mass is 32.2. The Balaban J connectivity index is 1.20. The molecular formula is C42H41NO2SSi. The van der Waals surface area contributed by atoms with E-state index >= 15 is 0 Å². The second-order valence-electron chi connectivity index (χ2n) is 13.4. The van der Waals surface area contributed by atoms with Crippen molar-refractivity contribution in [1.29, 1.82) is 0 Å². The van der Waals surface area contributed by atoms with Gasteiger partial charge in [0.2, 0.25) is 5.89 Å². The summed E-state index contributed by atoms with van der Waals surface area (Å²) in [4.78, 5) is 5.18. The van der Waals surface area contributed by atoms with Gasteiger partial charge in [0.1, 0.15) is 11.4 Å². The van der Waals surface area contributed by atoms with Gasteiger partial charge in [-0.3, -0.25) is 0 Å². The van der Waals surface area contributed by atoms with Gasteiger partial charge < -0.3 is 8.84 Å². The summed E-state index contributed by atoms with van der Waals surface area (Å²) in [6.45, 7) is 6.98. The molecule has 0 saturated carbocycles. The maximum atomic E-state index is 7.38. The molecule has 2 heterocycles. The molecule has 0 spiro atoms. The van der Waals surface area contributed by atoms with E-state index in [0.717, 1.165) is 52.8 Å². The number of thioether (sulfide) groups is 1. The molecular weight excluding hydrogens is 611 g/mol. The molecule has 5 heteroatoms. The lowest BCUT2D eigenvalue weighted by Crippen LogP contribution is -2.68. The summed E-state index contributed by atoms with van der Waals surface area (Å²) in [6, 6.07) is 51.3. The van der Waals surface area contributed by atoms with Crippen molar-refractivity contribution in [3.63, 3.8) is 0 Å². The Morgan fingerprint density at radius 2 is 1.30 bits per heavy atom. The SMILES string of the molecule is CC(C)(C)[Si](Oc1cccc(CC2CCSC2c2nc(-c3ccccc3)c(-c3ccccc3)o2)c1)(c1ccccc1)c1ccccc1. The van der Waals surface area contributed by atoms with Crippen molar-refractivity contribution in [2.45, 2.75) is 43.9 Å². The van der Waals surface area contributed by atoms with Crippen LogP contribution in [0.1, 0.15) is 43.9 Å². The van der Waals surface area contributed by atoms with Crippen LogP contribution in [0.4, 0.5) is 0 Å². The maximum Gasteiger partial charge on any atom is 0.319 e. The van der Waals surface area contributed by atoms with E-state index in [1.807, 2.05) is 23.9 Å². The topological polar surface area (TPSA) is 35.3 Å². The predicted molar refractivity (Wildman–Crippen MR) is 199 cm³/mol. The largest absolute Gasteiger partial charge is 0.534 e. The van der Waals surface area contributed by atoms with Crippen LogP contribution in [0.25, 0.3) is 22.6 Å². The Hall–Kier alpha value is -4.32. The monoisotopic (exact) mass is 651 g/mol. The summed E-state index contributed by atoms with van der Waals surface area (Å²) >= 11 is 1.97. The van der Waals surface area contributed by atoms with Crippen LogP contribution in [0.15, 0.2) is 150 Å². The van der Waals surface area contributed by atoms with Crippen molar-refractivity contribution < 1.29 is 8.84 Å². The van der Waals surface area contributed by atoms with Crippen molar-refractivity contribution in [2.24, 2.45) is 5.92 Å². The summed E-state index contributed by atoms with van der Waals surface area (Å²) in [5.74, 6) is 4.12. The van der Waals surface area contributed by atoms with Gasteiger partial charge in [0.25, 0.3) is 0 Å². The molecule has 2 unspecified atom stereocenters. The lowest BCUT2D eigenvalue weighted by atomic mass is 9.93. The Morgan fingerprint density at radius 3 is 1.89 bits per heavy atom. The zero-order valence-corrected chi connectivity index (χ0v) is 29.1. The predicted octanol–water partition coefficient (Wildman–Crippen LogP) is 9.98. The molecule has 7 rings (SSSR count). The van der Waals surface area contributed by atoms with Crippen LogP contribution in [0.5, 0.6) is 5.75 Å². The van der Waals surface area contributed by atoms with Gasteiger partial charge in [0.15, 0.2) is 5.76 Å². The summed E-state index contributed by atoms with van der Waals surface area (Å²) in [5, 5.41) is 2.65. The van der Waals surface area contributed by atoms with Gasteiger partial charge in [-0.05, 0) is 57.6 Å². The average molecular weight is 652 g/mol. The van der Waals surface area contributed by atoms with Crippen LogP contribution in [-0.2, 0) is 6.42 Å². The van der Waals surface area contributed by atoms with Crippen molar-refractivity contribution in [3.05, 3.63) is 157 Å². The quantitative estimate of drug-likeness (QED) is 0.146. The van der Waals surface area contributed by atoms with E-state index in [0.29, 0.717) is 5.92 Å². The van der Waals surface area contributed by atoms with Crippen LogP contribution in [0, 0.1) is 5.92 Å². The van der Waals surface area contributed by atoms with Crippen molar-refractivity contribution in [1.82, 2.24) is 4.98 Å². The molecule has 1 saturated heterocycles. The van der Waals surface area contributed by atoms with Gasteiger partial charge in [-0.25, -0.2) is 4.98 Å². The molecule has 6 aromatic rings. The van der Waals surface area contributed by atoms with Gasteiger partial charge in [-0.1, -0.05) is 154 Å². The first kappa shape index (κ1) is 31.3. The fraction of sp³-hybridized carbons (Fsp3) is 0.214. The molecule has 5 aromatic carbocycles. The summed E-state index contributed by atoms with van der Waals surface area (Å²) in [5.41, 5.74) is 4.33. The van der Waals surface area contributed by atoms with Crippen molar-refractivity contribution >= 4 is 30.5 Å². The molecule has 2 atom stereocenters. The second-order valence-corrected chi connectivity index (χ2v) is 18.9. The van der Waals surface area contributed by atoms with Gasteiger partial charge in [0.05, 0.1) is 5.25 Å². The molecule has 3 nitrogen and oxygen atoms in total. The van der Waals surface area contributed by atoms with Gasteiger partial charge in [-0.15, -0.1) is 11.8 Å². The highest BCUT2D eigenvalue weighted by Gasteiger charge is 2.52. The number of aromatic nitrogens is 1. The van der Waals surface area contributed by atoms with Crippen LogP contribution in [0.3, 0.4) is 0 Å². The molecule has 47 heavy (non-hydrogen) atoms. The maximum absolute atomic E-state index is 7.38. The number of hydrogen-bond acceptors (Lipinski definition) is 4. The molecule has 0 bridgehead atoms. The summed E-state index contributed by atoms with van der Waals surface area (Å²) in [7, 11) is -2.72. The first-order valence-electron chi connectivity index (χ1n) is 16.5. The third kappa shape index (κ3) is 6.35. The minimum Gasteiger partial charge on any atom is -0.534 e. The Morgan fingerprint density at radius 1 is 0.723 bits per heavy atom. The standard InChI is InChI=1S/C42H41NO2SSi/c1-42(2,3)47(36-23-12-6-13-24-36,37-25-14-7-15-26-37)45-35-22-16-17-31(30-35)29-34-27-28-46-40(34)41-43-38(32-18-8-4-9-19-32)39(44-41)33-20-10-5-11-21-33/h4-26,30,34,40H,27-29H2,1-3H3. The first-order chi connectivity index (χ1) is 22.9. The van der Waals surface area contributed by atoms with E-state index in [1.54, 1.807) is 0 Å². The molecule has 1 aromatic heterocycles. The van der Waals surface area contributed by atoms with E-state index in [1.165, 1.54) is 15.9 Å². The minimum atomic E-state index is -2.72. The van der Waals surface area contributed by atoms with E-state index in [2.05, 4.69) is 154 Å². The number of nitrogens with zero attached hydrogens (tertiary/aromatic N) is 1. The fourth-order valence-corrected chi connectivity index (χ4v) is 12.9. The number of hydrogen-bond donors (Lipinski definition) is 0. The highest BCUT2D eigenvalue weighted by Crippen LogP contribution is 2.48. The molecule has 1 aliphatic heterocycles. The van der Waals surface area contributed by atoms with Crippen molar-refractivity contribution in [3.8, 4) is 28.3 Å². The third-order valence-electron chi connectivity index (χ3n) is 9.27. The van der Waals surface area contributed by atoms with Crippen LogP contribution >= 0.6 is 11.8 Å². The molecule has 1 aliphatic rings. The summed E-state index contributed by atoms with van der Waals surface area (Å²) in [6.07, 6.45) is 2.07. The normalized spacial score (nSPS) is 16.7. The number of rotatable bonds is 9. The molecule has 1 fully saturated rings. The van der Waals surface area contributed by atoms with E-state index < -0.39 is 8.32 Å². The van der Waals surface area contributed by atoms with Gasteiger partial charge in [0, 0.05) is 11.1 Å².